The predicted octanol–water partition coefficient (Wildman–Crippen LogP) is 5.13. The van der Waals surface area contributed by atoms with Gasteiger partial charge in [-0.3, -0.25) is 0 Å². The summed E-state index contributed by atoms with van der Waals surface area (Å²) in [7, 11) is 0. The zero-order chi connectivity index (χ0) is 12.2. The standard InChI is InChI=1S/C6H6Cl6.F2S/c7-1-2(8)4(10)6(12)5(11)3(1)9;1-3-2/h1-6H;/t1-,2-,3-,4+,5+,6+;. The number of alkyl halides is 6. The molecule has 0 aromatic carbocycles. The van der Waals surface area contributed by atoms with Gasteiger partial charge in [0.05, 0.1) is 32.3 Å². The Morgan fingerprint density at radius 3 is 0.667 bits per heavy atom. The summed E-state index contributed by atoms with van der Waals surface area (Å²) in [5.74, 6) is 0. The Bertz CT molecular complexity index is 128. The van der Waals surface area contributed by atoms with Gasteiger partial charge in [0.2, 0.25) is 0 Å². The maximum Gasteiger partial charge on any atom is 0.255 e. The van der Waals surface area contributed by atoms with E-state index in [4.69, 9.17) is 69.6 Å². The molecule has 15 heavy (non-hydrogen) atoms. The van der Waals surface area contributed by atoms with Gasteiger partial charge in [-0.2, -0.15) is 0 Å². The van der Waals surface area contributed by atoms with E-state index in [0.29, 0.717) is 0 Å². The highest BCUT2D eigenvalue weighted by molar-refractivity contribution is 7.89. The molecule has 0 amide bonds. The molecule has 0 bridgehead atoms. The second kappa shape index (κ2) is 8.12. The van der Waals surface area contributed by atoms with Gasteiger partial charge in [-0.1, -0.05) is 0 Å². The quantitative estimate of drug-likeness (QED) is 0.539. The first-order valence-electron chi connectivity index (χ1n) is 3.62. The van der Waals surface area contributed by atoms with Crippen LogP contribution in [0.15, 0.2) is 0 Å². The van der Waals surface area contributed by atoms with E-state index in [9.17, 15) is 7.77 Å². The van der Waals surface area contributed by atoms with Crippen LogP contribution in [-0.2, 0) is 0 Å². The van der Waals surface area contributed by atoms with E-state index in [-0.39, 0.29) is 0 Å². The molecule has 0 aliphatic heterocycles. The van der Waals surface area contributed by atoms with Gasteiger partial charge >= 0.3 is 0 Å². The van der Waals surface area contributed by atoms with Crippen molar-refractivity contribution in [1.82, 2.24) is 0 Å². The Morgan fingerprint density at radius 2 is 0.600 bits per heavy atom. The molecule has 0 nitrogen and oxygen atoms in total. The maximum absolute atomic E-state index is 9.54. The molecular formula is C6H6Cl6F2S. The van der Waals surface area contributed by atoms with Crippen LogP contribution in [0.25, 0.3) is 0 Å². The van der Waals surface area contributed by atoms with Crippen molar-refractivity contribution in [3.8, 4) is 0 Å². The highest BCUT2D eigenvalue weighted by atomic mass is 35.5. The molecule has 0 heterocycles. The van der Waals surface area contributed by atoms with E-state index >= 15 is 0 Å². The molecule has 1 aliphatic carbocycles. The van der Waals surface area contributed by atoms with Crippen LogP contribution >= 0.6 is 82.1 Å². The van der Waals surface area contributed by atoms with Crippen LogP contribution in [0.4, 0.5) is 7.77 Å². The summed E-state index contributed by atoms with van der Waals surface area (Å²) in [6.07, 6.45) is 0. The lowest BCUT2D eigenvalue weighted by Crippen LogP contribution is -2.52. The van der Waals surface area contributed by atoms with Gasteiger partial charge in [0, 0.05) is 0 Å². The molecule has 0 N–H and O–H groups in total. The van der Waals surface area contributed by atoms with E-state index in [0.717, 1.165) is 0 Å². The molecule has 9 heteroatoms. The molecule has 0 aromatic rings. The first-order chi connectivity index (χ1) is 6.88. The molecule has 1 fully saturated rings. The Labute approximate surface area is 121 Å². The van der Waals surface area contributed by atoms with Crippen molar-refractivity contribution in [1.29, 1.82) is 0 Å². The molecule has 92 valence electrons. The monoisotopic (exact) mass is 358 g/mol. The number of rotatable bonds is 0. The number of hydrogen-bond donors (Lipinski definition) is 0. The lowest BCUT2D eigenvalue weighted by Gasteiger charge is -2.37. The van der Waals surface area contributed by atoms with Crippen molar-refractivity contribution in [2.75, 3.05) is 0 Å². The molecule has 0 atom stereocenters. The first-order valence-corrected chi connectivity index (χ1v) is 6.85. The Morgan fingerprint density at radius 1 is 0.533 bits per heavy atom. The largest absolute Gasteiger partial charge is 0.255 e. The smallest absolute Gasteiger partial charge is 0.127 e. The van der Waals surface area contributed by atoms with Crippen molar-refractivity contribution < 1.29 is 7.77 Å². The number of hydrogen-bond acceptors (Lipinski definition) is 1. The van der Waals surface area contributed by atoms with Crippen molar-refractivity contribution >= 4 is 82.1 Å². The molecule has 0 aromatic heterocycles. The van der Waals surface area contributed by atoms with E-state index < -0.39 is 44.8 Å². The predicted molar refractivity (Wildman–Crippen MR) is 67.7 cm³/mol. The van der Waals surface area contributed by atoms with Crippen LogP contribution in [0.1, 0.15) is 0 Å². The van der Waals surface area contributed by atoms with Gasteiger partial charge in [0.15, 0.2) is 0 Å². The minimum atomic E-state index is -1.25. The topological polar surface area (TPSA) is 0 Å². The second-order valence-electron chi connectivity index (χ2n) is 2.72. The maximum atomic E-state index is 9.54. The van der Waals surface area contributed by atoms with E-state index in [1.165, 1.54) is 0 Å². The van der Waals surface area contributed by atoms with Crippen LogP contribution in [0.3, 0.4) is 0 Å². The summed E-state index contributed by atoms with van der Waals surface area (Å²) in [6, 6.07) is 0. The minimum absolute atomic E-state index is 0.437. The summed E-state index contributed by atoms with van der Waals surface area (Å²) in [5.41, 5.74) is 0. The molecular weight excluding hydrogens is 355 g/mol. The molecule has 0 radical (unpaired) electrons. The summed E-state index contributed by atoms with van der Waals surface area (Å²) in [6.45, 7) is 0. The van der Waals surface area contributed by atoms with Crippen molar-refractivity contribution in [3.63, 3.8) is 0 Å². The normalized spacial score (nSPS) is 45.6. The summed E-state index contributed by atoms with van der Waals surface area (Å²) < 4.78 is 19.1. The van der Waals surface area contributed by atoms with Gasteiger partial charge in [0.1, 0.15) is 0 Å². The fourth-order valence-corrected chi connectivity index (χ4v) is 3.38. The highest BCUT2D eigenvalue weighted by Gasteiger charge is 2.46. The molecule has 1 aliphatic rings. The Kier molecular flexibility index (Phi) is 9.18. The summed E-state index contributed by atoms with van der Waals surface area (Å²) >= 11 is 34.0. The molecule has 0 saturated heterocycles. The summed E-state index contributed by atoms with van der Waals surface area (Å²) in [5, 5.41) is -2.62. The molecule has 1 rings (SSSR count). The van der Waals surface area contributed by atoms with Gasteiger partial charge in [-0.05, 0) is 0 Å². The lowest BCUT2D eigenvalue weighted by molar-refractivity contribution is 0.544. The van der Waals surface area contributed by atoms with E-state index in [1.807, 2.05) is 0 Å². The third-order valence-electron chi connectivity index (χ3n) is 1.83. The average molecular weight is 361 g/mol. The van der Waals surface area contributed by atoms with Gasteiger partial charge < -0.3 is 0 Å². The van der Waals surface area contributed by atoms with Crippen molar-refractivity contribution in [2.45, 2.75) is 32.3 Å². The van der Waals surface area contributed by atoms with Gasteiger partial charge in [-0.15, -0.1) is 77.4 Å². The van der Waals surface area contributed by atoms with Gasteiger partial charge in [-0.25, -0.2) is 0 Å². The van der Waals surface area contributed by atoms with Crippen LogP contribution < -0.4 is 0 Å². The first kappa shape index (κ1) is 16.9. The highest BCUT2D eigenvalue weighted by Crippen LogP contribution is 2.39. The van der Waals surface area contributed by atoms with E-state index in [1.54, 1.807) is 0 Å². The van der Waals surface area contributed by atoms with Crippen LogP contribution in [-0.4, -0.2) is 32.3 Å². The SMILES string of the molecule is Cl[C@H]1[C@H](Cl)[C@@H](Cl)[C@@H](Cl)[C@H](Cl)[C@H]1Cl.FSF. The Hall–Kier alpha value is 1.95. The summed E-state index contributed by atoms with van der Waals surface area (Å²) in [4.78, 5) is 0. The fraction of sp³-hybridized carbons (Fsp3) is 1.00. The third-order valence-corrected chi connectivity index (χ3v) is 5.86. The lowest BCUT2D eigenvalue weighted by atomic mass is 9.97. The van der Waals surface area contributed by atoms with Gasteiger partial charge in [0.25, 0.3) is 12.5 Å². The molecule has 0 spiro atoms. The molecule has 0 unspecified atom stereocenters. The van der Waals surface area contributed by atoms with Crippen molar-refractivity contribution in [2.24, 2.45) is 0 Å². The van der Waals surface area contributed by atoms with Crippen LogP contribution in [0.5, 0.6) is 0 Å². The zero-order valence-electron chi connectivity index (χ0n) is 6.90. The van der Waals surface area contributed by atoms with Crippen molar-refractivity contribution in [3.05, 3.63) is 0 Å². The Balaban J connectivity index is 0.000000583. The van der Waals surface area contributed by atoms with Crippen LogP contribution in [0.2, 0.25) is 0 Å². The minimum Gasteiger partial charge on any atom is -0.127 e. The molecule has 1 saturated carbocycles. The average Bonchev–Trinajstić information content (AvgIpc) is 2.22. The fourth-order valence-electron chi connectivity index (χ4n) is 1.05. The zero-order valence-corrected chi connectivity index (χ0v) is 12.2. The number of halogens is 8. The second-order valence-corrected chi connectivity index (χ2v) is 5.87. The van der Waals surface area contributed by atoms with Crippen LogP contribution in [0, 0.1) is 0 Å². The third kappa shape index (κ3) is 4.61. The van der Waals surface area contributed by atoms with E-state index in [2.05, 4.69) is 0 Å².